The fourth-order valence-corrected chi connectivity index (χ4v) is 3.11. The molecular weight excluding hydrogens is 230 g/mol. The van der Waals surface area contributed by atoms with Gasteiger partial charge in [0.15, 0.2) is 0 Å². The summed E-state index contributed by atoms with van der Waals surface area (Å²) in [6.45, 7) is 4.49. The number of hydrogen-bond donors (Lipinski definition) is 1. The van der Waals surface area contributed by atoms with Crippen molar-refractivity contribution in [3.05, 3.63) is 34.9 Å². The summed E-state index contributed by atoms with van der Waals surface area (Å²) < 4.78 is 0. The van der Waals surface area contributed by atoms with E-state index in [0.29, 0.717) is 5.92 Å². The molecule has 1 aliphatic rings. The molecule has 0 amide bonds. The van der Waals surface area contributed by atoms with E-state index in [9.17, 15) is 0 Å². The van der Waals surface area contributed by atoms with Crippen molar-refractivity contribution in [2.24, 2.45) is 17.6 Å². The number of hydrogen-bond acceptors (Lipinski definition) is 1. The van der Waals surface area contributed by atoms with E-state index in [1.165, 1.54) is 31.2 Å². The van der Waals surface area contributed by atoms with Crippen LogP contribution in [0.5, 0.6) is 0 Å². The van der Waals surface area contributed by atoms with Crippen LogP contribution in [-0.4, -0.2) is 0 Å². The normalized spacial score (nSPS) is 28.7. The second-order valence-electron chi connectivity index (χ2n) is 5.75. The van der Waals surface area contributed by atoms with Crippen LogP contribution in [-0.2, 0) is 5.54 Å². The Kier molecular flexibility index (Phi) is 3.79. The number of nitrogens with two attached hydrogens (primary N) is 1. The minimum absolute atomic E-state index is 0.245. The van der Waals surface area contributed by atoms with Gasteiger partial charge in [-0.2, -0.15) is 0 Å². The Balaban J connectivity index is 2.18. The van der Waals surface area contributed by atoms with Crippen molar-refractivity contribution in [3.8, 4) is 0 Å². The molecule has 0 aromatic heterocycles. The Bertz CT molecular complexity index is 378. The van der Waals surface area contributed by atoms with E-state index in [2.05, 4.69) is 19.9 Å². The van der Waals surface area contributed by atoms with Crippen LogP contribution in [0.15, 0.2) is 24.3 Å². The van der Waals surface area contributed by atoms with Crippen LogP contribution in [0.25, 0.3) is 0 Å². The van der Waals surface area contributed by atoms with Crippen LogP contribution in [0, 0.1) is 11.8 Å². The molecule has 94 valence electrons. The maximum absolute atomic E-state index is 6.57. The lowest BCUT2D eigenvalue weighted by molar-refractivity contribution is 0.193. The first kappa shape index (κ1) is 12.9. The quantitative estimate of drug-likeness (QED) is 0.831. The van der Waals surface area contributed by atoms with Crippen LogP contribution in [0.1, 0.15) is 45.1 Å². The van der Waals surface area contributed by atoms with Gasteiger partial charge < -0.3 is 5.73 Å². The lowest BCUT2D eigenvalue weighted by atomic mass is 9.70. The van der Waals surface area contributed by atoms with E-state index in [4.69, 9.17) is 17.3 Å². The van der Waals surface area contributed by atoms with Gasteiger partial charge in [0.05, 0.1) is 0 Å². The molecule has 1 unspecified atom stereocenters. The average molecular weight is 252 g/mol. The van der Waals surface area contributed by atoms with Crippen molar-refractivity contribution >= 4 is 11.6 Å². The highest BCUT2D eigenvalue weighted by Crippen LogP contribution is 2.39. The minimum Gasteiger partial charge on any atom is -0.321 e. The van der Waals surface area contributed by atoms with Gasteiger partial charge in [-0.3, -0.25) is 0 Å². The van der Waals surface area contributed by atoms with Crippen molar-refractivity contribution in [3.63, 3.8) is 0 Å². The fourth-order valence-electron chi connectivity index (χ4n) is 2.92. The molecule has 1 aliphatic carbocycles. The van der Waals surface area contributed by atoms with Gasteiger partial charge in [0.25, 0.3) is 0 Å². The predicted octanol–water partition coefficient (Wildman–Crippen LogP) is 4.34. The summed E-state index contributed by atoms with van der Waals surface area (Å²) in [6.07, 6.45) is 5.08. The molecule has 1 aromatic carbocycles. The van der Waals surface area contributed by atoms with Crippen LogP contribution in [0.2, 0.25) is 5.02 Å². The molecule has 1 aromatic rings. The third-order valence-electron chi connectivity index (χ3n) is 4.31. The summed E-state index contributed by atoms with van der Waals surface area (Å²) in [7, 11) is 0. The van der Waals surface area contributed by atoms with E-state index >= 15 is 0 Å². The number of benzene rings is 1. The van der Waals surface area contributed by atoms with Crippen LogP contribution in [0.3, 0.4) is 0 Å². The lowest BCUT2D eigenvalue weighted by Gasteiger charge is -2.39. The molecule has 17 heavy (non-hydrogen) atoms. The Morgan fingerprint density at radius 2 is 1.88 bits per heavy atom. The van der Waals surface area contributed by atoms with Gasteiger partial charge in [0, 0.05) is 10.6 Å². The molecule has 0 saturated heterocycles. The van der Waals surface area contributed by atoms with E-state index in [1.807, 2.05) is 18.2 Å². The Morgan fingerprint density at radius 1 is 1.24 bits per heavy atom. The summed E-state index contributed by atoms with van der Waals surface area (Å²) in [4.78, 5) is 0. The largest absolute Gasteiger partial charge is 0.321 e. The number of halogens is 1. The molecule has 0 heterocycles. The lowest BCUT2D eigenvalue weighted by Crippen LogP contribution is -2.42. The Labute approximate surface area is 109 Å². The summed E-state index contributed by atoms with van der Waals surface area (Å²) in [5.41, 5.74) is 7.49. The molecule has 0 aliphatic heterocycles. The molecular formula is C15H22ClN. The topological polar surface area (TPSA) is 26.0 Å². The Morgan fingerprint density at radius 3 is 2.47 bits per heavy atom. The van der Waals surface area contributed by atoms with Gasteiger partial charge in [0.2, 0.25) is 0 Å². The first-order chi connectivity index (χ1) is 8.00. The SMILES string of the molecule is CC1CCC(C(C)(N)c2cccc(Cl)c2)CC1. The molecule has 1 fully saturated rings. The second-order valence-corrected chi connectivity index (χ2v) is 6.19. The zero-order valence-electron chi connectivity index (χ0n) is 10.7. The van der Waals surface area contributed by atoms with E-state index in [0.717, 1.165) is 10.9 Å². The summed E-state index contributed by atoms with van der Waals surface area (Å²) in [5.74, 6) is 1.44. The molecule has 1 atom stereocenters. The summed E-state index contributed by atoms with van der Waals surface area (Å²) in [5, 5.41) is 0.781. The van der Waals surface area contributed by atoms with Gasteiger partial charge in [-0.05, 0) is 49.3 Å². The van der Waals surface area contributed by atoms with Gasteiger partial charge in [-0.1, -0.05) is 43.5 Å². The highest BCUT2D eigenvalue weighted by atomic mass is 35.5. The zero-order chi connectivity index (χ0) is 12.5. The van der Waals surface area contributed by atoms with E-state index in [-0.39, 0.29) is 5.54 Å². The predicted molar refractivity (Wildman–Crippen MR) is 74.1 cm³/mol. The average Bonchev–Trinajstić information content (AvgIpc) is 2.29. The smallest absolute Gasteiger partial charge is 0.0410 e. The summed E-state index contributed by atoms with van der Waals surface area (Å²) >= 11 is 6.06. The third-order valence-corrected chi connectivity index (χ3v) is 4.55. The van der Waals surface area contributed by atoms with Gasteiger partial charge in [0.1, 0.15) is 0 Å². The highest BCUT2D eigenvalue weighted by Gasteiger charge is 2.34. The monoisotopic (exact) mass is 251 g/mol. The van der Waals surface area contributed by atoms with Gasteiger partial charge in [-0.15, -0.1) is 0 Å². The maximum Gasteiger partial charge on any atom is 0.0410 e. The Hall–Kier alpha value is -0.530. The molecule has 0 bridgehead atoms. The second kappa shape index (κ2) is 4.99. The van der Waals surface area contributed by atoms with Crippen molar-refractivity contribution in [2.75, 3.05) is 0 Å². The van der Waals surface area contributed by atoms with Gasteiger partial charge >= 0.3 is 0 Å². The van der Waals surface area contributed by atoms with Crippen LogP contribution < -0.4 is 5.73 Å². The first-order valence-corrected chi connectivity index (χ1v) is 6.93. The minimum atomic E-state index is -0.245. The molecule has 2 heteroatoms. The molecule has 1 saturated carbocycles. The molecule has 0 spiro atoms. The third kappa shape index (κ3) is 2.83. The number of rotatable bonds is 2. The molecule has 1 nitrogen and oxygen atoms in total. The first-order valence-electron chi connectivity index (χ1n) is 6.55. The maximum atomic E-state index is 6.57. The summed E-state index contributed by atoms with van der Waals surface area (Å²) in [6, 6.07) is 8.02. The highest BCUT2D eigenvalue weighted by molar-refractivity contribution is 6.30. The van der Waals surface area contributed by atoms with E-state index in [1.54, 1.807) is 0 Å². The van der Waals surface area contributed by atoms with Crippen molar-refractivity contribution in [1.82, 2.24) is 0 Å². The van der Waals surface area contributed by atoms with Gasteiger partial charge in [-0.25, -0.2) is 0 Å². The fraction of sp³-hybridized carbons (Fsp3) is 0.600. The van der Waals surface area contributed by atoms with Crippen LogP contribution >= 0.6 is 11.6 Å². The molecule has 2 rings (SSSR count). The molecule has 0 radical (unpaired) electrons. The standard InChI is InChI=1S/C15H22ClN/c1-11-6-8-12(9-7-11)15(2,17)13-4-3-5-14(16)10-13/h3-5,10-12H,6-9,17H2,1-2H3. The molecule has 2 N–H and O–H groups in total. The van der Waals surface area contributed by atoms with Crippen molar-refractivity contribution < 1.29 is 0 Å². The van der Waals surface area contributed by atoms with Crippen LogP contribution in [0.4, 0.5) is 0 Å². The van der Waals surface area contributed by atoms with E-state index < -0.39 is 0 Å². The van der Waals surface area contributed by atoms with Crippen molar-refractivity contribution in [2.45, 2.75) is 45.1 Å². The zero-order valence-corrected chi connectivity index (χ0v) is 11.5. The van der Waals surface area contributed by atoms with Crippen molar-refractivity contribution in [1.29, 1.82) is 0 Å².